The number of fused-ring (bicyclic) bond motifs is 1. The molecule has 140 valence electrons. The molecular weight excluding hydrogens is 364 g/mol. The van der Waals surface area contributed by atoms with Crippen LogP contribution in [0.5, 0.6) is 0 Å². The molecule has 2 aliphatic rings. The molecule has 0 radical (unpaired) electrons. The molecule has 6 nitrogen and oxygen atoms in total. The maximum absolute atomic E-state index is 13.0. The van der Waals surface area contributed by atoms with Crippen LogP contribution in [0, 0.1) is 5.92 Å². The molecule has 1 saturated heterocycles. The van der Waals surface area contributed by atoms with Crippen molar-refractivity contribution in [3.63, 3.8) is 0 Å². The smallest absolute Gasteiger partial charge is 0.254 e. The van der Waals surface area contributed by atoms with Gasteiger partial charge in [0.2, 0.25) is 15.9 Å². The van der Waals surface area contributed by atoms with Crippen molar-refractivity contribution in [1.29, 1.82) is 0 Å². The Bertz CT molecular complexity index is 1030. The molecule has 0 saturated carbocycles. The van der Waals surface area contributed by atoms with Crippen LogP contribution in [0.25, 0.3) is 0 Å². The van der Waals surface area contributed by atoms with E-state index in [0.29, 0.717) is 18.7 Å². The maximum Gasteiger partial charge on any atom is 0.254 e. The zero-order valence-electron chi connectivity index (χ0n) is 15.0. The van der Waals surface area contributed by atoms with Crippen LogP contribution in [0.1, 0.15) is 28.4 Å². The Kier molecular flexibility index (Phi) is 4.26. The predicted octanol–water partition coefficient (Wildman–Crippen LogP) is 2.20. The van der Waals surface area contributed by atoms with Gasteiger partial charge in [0.15, 0.2) is 0 Å². The van der Waals surface area contributed by atoms with Gasteiger partial charge in [0.05, 0.1) is 17.4 Å². The second-order valence-electron chi connectivity index (χ2n) is 7.08. The van der Waals surface area contributed by atoms with E-state index in [2.05, 4.69) is 6.07 Å². The maximum atomic E-state index is 13.0. The molecule has 2 aromatic carbocycles. The van der Waals surface area contributed by atoms with Crippen molar-refractivity contribution in [2.45, 2.75) is 19.9 Å². The third kappa shape index (κ3) is 3.12. The topological polar surface area (TPSA) is 74.8 Å². The average molecular weight is 384 g/mol. The first-order valence-corrected chi connectivity index (χ1v) is 10.5. The van der Waals surface area contributed by atoms with E-state index >= 15 is 0 Å². The summed E-state index contributed by atoms with van der Waals surface area (Å²) in [5, 5.41) is 0. The fourth-order valence-corrected chi connectivity index (χ4v) is 5.52. The van der Waals surface area contributed by atoms with Crippen molar-refractivity contribution < 1.29 is 18.0 Å². The monoisotopic (exact) mass is 384 g/mol. The lowest BCUT2D eigenvalue weighted by Crippen LogP contribution is -2.36. The summed E-state index contributed by atoms with van der Waals surface area (Å²) < 4.78 is 25.5. The summed E-state index contributed by atoms with van der Waals surface area (Å²) in [5.41, 5.74) is 2.99. The first-order valence-electron chi connectivity index (χ1n) is 8.90. The summed E-state index contributed by atoms with van der Waals surface area (Å²) in [5.74, 6) is -1.39. The number of carbonyl (C=O) groups excluding carboxylic acids is 2. The van der Waals surface area contributed by atoms with Gasteiger partial charge in [-0.3, -0.25) is 9.59 Å². The molecule has 1 fully saturated rings. The number of benzene rings is 2. The molecule has 2 heterocycles. The van der Waals surface area contributed by atoms with E-state index in [9.17, 15) is 18.0 Å². The van der Waals surface area contributed by atoms with Gasteiger partial charge < -0.3 is 4.90 Å². The van der Waals surface area contributed by atoms with E-state index < -0.39 is 21.8 Å². The summed E-state index contributed by atoms with van der Waals surface area (Å²) in [6.07, 6.45) is 0.790. The zero-order valence-corrected chi connectivity index (χ0v) is 15.8. The number of amides is 2. The highest BCUT2D eigenvalue weighted by Gasteiger charge is 2.42. The number of anilines is 1. The molecule has 4 rings (SSSR count). The zero-order chi connectivity index (χ0) is 19.2. The molecule has 0 unspecified atom stereocenters. The van der Waals surface area contributed by atoms with Crippen molar-refractivity contribution in [2.24, 2.45) is 5.92 Å². The van der Waals surface area contributed by atoms with Crippen LogP contribution in [0.3, 0.4) is 0 Å². The van der Waals surface area contributed by atoms with Gasteiger partial charge in [-0.1, -0.05) is 37.3 Å². The number of hydrogen-bond donors (Lipinski definition) is 0. The van der Waals surface area contributed by atoms with Gasteiger partial charge in [0.25, 0.3) is 5.91 Å². The summed E-state index contributed by atoms with van der Waals surface area (Å²) >= 11 is 0. The highest BCUT2D eigenvalue weighted by Crippen LogP contribution is 2.29. The molecule has 2 aromatic rings. The van der Waals surface area contributed by atoms with Crippen LogP contribution in [0.2, 0.25) is 0 Å². The fourth-order valence-electron chi connectivity index (χ4n) is 3.70. The van der Waals surface area contributed by atoms with E-state index in [1.165, 1.54) is 11.6 Å². The fraction of sp³-hybridized carbons (Fsp3) is 0.300. The minimum absolute atomic E-state index is 0.163. The highest BCUT2D eigenvalue weighted by molar-refractivity contribution is 7.94. The molecule has 0 aliphatic carbocycles. The molecule has 2 aliphatic heterocycles. The van der Waals surface area contributed by atoms with Crippen molar-refractivity contribution in [3.8, 4) is 0 Å². The minimum Gasteiger partial charge on any atom is -0.334 e. The largest absolute Gasteiger partial charge is 0.334 e. The minimum atomic E-state index is -3.69. The normalized spacial score (nSPS) is 21.2. The van der Waals surface area contributed by atoms with Crippen LogP contribution in [-0.2, 0) is 27.8 Å². The Morgan fingerprint density at radius 3 is 2.52 bits per heavy atom. The lowest BCUT2D eigenvalue weighted by Gasteiger charge is -2.29. The van der Waals surface area contributed by atoms with E-state index in [1.807, 2.05) is 18.2 Å². The molecule has 0 spiro atoms. The number of nitrogens with zero attached hydrogens (tertiary/aromatic N) is 2. The molecule has 1 atom stereocenters. The highest BCUT2D eigenvalue weighted by atomic mass is 32.2. The Morgan fingerprint density at radius 1 is 1.07 bits per heavy atom. The standard InChI is InChI=1S/C20H20N2O4S/c1-14-13-27(25,26)22(19(14)23)18-8-4-7-16(11-18)20(24)21-10-9-15-5-2-3-6-17(15)12-21/h2-8,11,14H,9-10,12-13H2,1H3/t14-/m1/s1. The third-order valence-electron chi connectivity index (χ3n) is 5.11. The molecule has 0 N–H and O–H groups in total. The summed E-state index contributed by atoms with van der Waals surface area (Å²) in [6.45, 7) is 2.73. The predicted molar refractivity (Wildman–Crippen MR) is 102 cm³/mol. The average Bonchev–Trinajstić information content (AvgIpc) is 2.87. The number of hydrogen-bond acceptors (Lipinski definition) is 4. The van der Waals surface area contributed by atoms with Crippen molar-refractivity contribution in [3.05, 3.63) is 65.2 Å². The first-order chi connectivity index (χ1) is 12.9. The molecule has 0 bridgehead atoms. The van der Waals surface area contributed by atoms with Crippen molar-refractivity contribution in [1.82, 2.24) is 4.90 Å². The van der Waals surface area contributed by atoms with E-state index in [-0.39, 0.29) is 17.3 Å². The molecule has 0 aromatic heterocycles. The SMILES string of the molecule is C[C@@H]1CS(=O)(=O)N(c2cccc(C(=O)N3CCc4ccccc4C3)c2)C1=O. The van der Waals surface area contributed by atoms with Crippen LogP contribution in [0.15, 0.2) is 48.5 Å². The Hall–Kier alpha value is -2.67. The van der Waals surface area contributed by atoms with Crippen molar-refractivity contribution in [2.75, 3.05) is 16.6 Å². The first kappa shape index (κ1) is 17.7. The van der Waals surface area contributed by atoms with Crippen molar-refractivity contribution >= 4 is 27.5 Å². The van der Waals surface area contributed by atoms with Gasteiger partial charge in [0.1, 0.15) is 0 Å². The van der Waals surface area contributed by atoms with Gasteiger partial charge >= 0.3 is 0 Å². The third-order valence-corrected chi connectivity index (χ3v) is 6.97. The van der Waals surface area contributed by atoms with Gasteiger partial charge in [-0.2, -0.15) is 0 Å². The van der Waals surface area contributed by atoms with Gasteiger partial charge in [0, 0.05) is 18.7 Å². The lowest BCUT2D eigenvalue weighted by atomic mass is 9.99. The molecule has 7 heteroatoms. The summed E-state index contributed by atoms with van der Waals surface area (Å²) in [4.78, 5) is 27.0. The van der Waals surface area contributed by atoms with Crippen LogP contribution >= 0.6 is 0 Å². The summed E-state index contributed by atoms with van der Waals surface area (Å²) in [6, 6.07) is 14.4. The summed E-state index contributed by atoms with van der Waals surface area (Å²) in [7, 11) is -3.69. The van der Waals surface area contributed by atoms with E-state index in [0.717, 1.165) is 16.3 Å². The van der Waals surface area contributed by atoms with Gasteiger partial charge in [-0.25, -0.2) is 12.7 Å². The van der Waals surface area contributed by atoms with Gasteiger partial charge in [-0.05, 0) is 35.7 Å². The second-order valence-corrected chi connectivity index (χ2v) is 8.94. The van der Waals surface area contributed by atoms with Gasteiger partial charge in [-0.15, -0.1) is 0 Å². The quantitative estimate of drug-likeness (QED) is 0.796. The number of carbonyl (C=O) groups is 2. The van der Waals surface area contributed by atoms with Crippen LogP contribution < -0.4 is 4.31 Å². The van der Waals surface area contributed by atoms with E-state index in [1.54, 1.807) is 30.0 Å². The number of rotatable bonds is 2. The Morgan fingerprint density at radius 2 is 1.81 bits per heavy atom. The molecular formula is C20H20N2O4S. The lowest BCUT2D eigenvalue weighted by molar-refractivity contribution is -0.119. The van der Waals surface area contributed by atoms with E-state index in [4.69, 9.17) is 0 Å². The number of sulfonamides is 1. The Labute approximate surface area is 158 Å². The second kappa shape index (κ2) is 6.49. The van der Waals surface area contributed by atoms with Crippen LogP contribution in [0.4, 0.5) is 5.69 Å². The van der Waals surface area contributed by atoms with Crippen LogP contribution in [-0.4, -0.2) is 37.4 Å². The molecule has 2 amide bonds. The Balaban J connectivity index is 1.62. The molecule has 27 heavy (non-hydrogen) atoms.